The first-order chi connectivity index (χ1) is 14.1. The lowest BCUT2D eigenvalue weighted by molar-refractivity contribution is 0.102. The van der Waals surface area contributed by atoms with Crippen molar-refractivity contribution >= 4 is 17.5 Å². The molecule has 7 nitrogen and oxygen atoms in total. The zero-order chi connectivity index (χ0) is 20.5. The van der Waals surface area contributed by atoms with Crippen LogP contribution in [-0.2, 0) is 6.61 Å². The Balaban J connectivity index is 1.53. The number of ether oxygens (including phenoxy) is 1. The highest BCUT2D eigenvalue weighted by atomic mass is 16.5. The van der Waals surface area contributed by atoms with E-state index in [-0.39, 0.29) is 5.91 Å². The van der Waals surface area contributed by atoms with Crippen LogP contribution in [0, 0.1) is 0 Å². The molecule has 3 rings (SSSR count). The third-order valence-electron chi connectivity index (χ3n) is 4.09. The molecule has 0 atom stereocenters. The molecule has 0 fully saturated rings. The average molecular weight is 391 g/mol. The van der Waals surface area contributed by atoms with Gasteiger partial charge in [-0.1, -0.05) is 30.3 Å². The van der Waals surface area contributed by atoms with Crippen molar-refractivity contribution in [2.45, 2.75) is 6.61 Å². The Bertz CT molecular complexity index is 914. The van der Waals surface area contributed by atoms with Crippen LogP contribution >= 0.6 is 0 Å². The van der Waals surface area contributed by atoms with E-state index in [0.29, 0.717) is 30.5 Å². The molecule has 29 heavy (non-hydrogen) atoms. The molecule has 0 aliphatic carbocycles. The summed E-state index contributed by atoms with van der Waals surface area (Å²) >= 11 is 0. The third kappa shape index (κ3) is 6.58. The summed E-state index contributed by atoms with van der Waals surface area (Å²) in [6.45, 7) is 2.04. The molecule has 7 heteroatoms. The molecule has 1 heterocycles. The van der Waals surface area contributed by atoms with Gasteiger partial charge in [-0.3, -0.25) is 4.79 Å². The molecule has 0 unspecified atom stereocenters. The van der Waals surface area contributed by atoms with E-state index >= 15 is 0 Å². The largest absolute Gasteiger partial charge is 0.489 e. The van der Waals surface area contributed by atoms with Crippen molar-refractivity contribution in [3.05, 3.63) is 78.1 Å². The Kier molecular flexibility index (Phi) is 7.13. The fourth-order valence-electron chi connectivity index (χ4n) is 2.53. The van der Waals surface area contributed by atoms with Crippen molar-refractivity contribution in [2.75, 3.05) is 37.8 Å². The van der Waals surface area contributed by atoms with Gasteiger partial charge in [-0.15, -0.1) is 0 Å². The number of carbonyl (C=O) groups is 1. The third-order valence-corrected chi connectivity index (χ3v) is 4.09. The lowest BCUT2D eigenvalue weighted by Crippen LogP contribution is -2.22. The topological polar surface area (TPSA) is 79.4 Å². The maximum atomic E-state index is 12.5. The summed E-state index contributed by atoms with van der Waals surface area (Å²) < 4.78 is 5.76. The number of rotatable bonds is 9. The van der Waals surface area contributed by atoms with Gasteiger partial charge >= 0.3 is 0 Å². The van der Waals surface area contributed by atoms with Crippen LogP contribution in [0.2, 0.25) is 0 Å². The van der Waals surface area contributed by atoms with E-state index in [1.54, 1.807) is 24.4 Å². The standard InChI is InChI=1S/C22H25N5O2/c1-27(2)15-14-24-22-23-13-12-20(26-22)21(28)25-18-8-10-19(11-9-18)29-16-17-6-4-3-5-7-17/h3-13H,14-16H2,1-2H3,(H,25,28)(H,23,24,26). The number of benzene rings is 2. The summed E-state index contributed by atoms with van der Waals surface area (Å²) in [6.07, 6.45) is 1.57. The van der Waals surface area contributed by atoms with Crippen LogP contribution in [0.4, 0.5) is 11.6 Å². The van der Waals surface area contributed by atoms with E-state index in [2.05, 4.69) is 25.5 Å². The first-order valence-corrected chi connectivity index (χ1v) is 9.40. The molecule has 0 aliphatic rings. The van der Waals surface area contributed by atoms with Crippen LogP contribution in [0.15, 0.2) is 66.9 Å². The molecular formula is C22H25N5O2. The maximum Gasteiger partial charge on any atom is 0.274 e. The zero-order valence-corrected chi connectivity index (χ0v) is 16.6. The van der Waals surface area contributed by atoms with Crippen molar-refractivity contribution in [2.24, 2.45) is 0 Å². The Morgan fingerprint density at radius 2 is 1.79 bits per heavy atom. The number of carbonyl (C=O) groups excluding carboxylic acids is 1. The Hall–Kier alpha value is -3.45. The number of nitrogens with one attached hydrogen (secondary N) is 2. The summed E-state index contributed by atoms with van der Waals surface area (Å²) in [6, 6.07) is 18.8. The first kappa shape index (κ1) is 20.3. The number of likely N-dealkylation sites (N-methyl/N-ethyl adjacent to an activating group) is 1. The molecule has 2 aromatic carbocycles. The summed E-state index contributed by atoms with van der Waals surface area (Å²) in [5.74, 6) is 0.881. The SMILES string of the molecule is CN(C)CCNc1nccc(C(=O)Nc2ccc(OCc3ccccc3)cc2)n1. The van der Waals surface area contributed by atoms with Gasteiger partial charge in [0.1, 0.15) is 18.1 Å². The second-order valence-corrected chi connectivity index (χ2v) is 6.75. The second kappa shape index (κ2) is 10.2. The normalized spacial score (nSPS) is 10.6. The van der Waals surface area contributed by atoms with Crippen LogP contribution in [0.5, 0.6) is 5.75 Å². The van der Waals surface area contributed by atoms with E-state index in [0.717, 1.165) is 17.9 Å². The lowest BCUT2D eigenvalue weighted by Gasteiger charge is -2.11. The highest BCUT2D eigenvalue weighted by Crippen LogP contribution is 2.17. The minimum absolute atomic E-state index is 0.291. The van der Waals surface area contributed by atoms with E-state index < -0.39 is 0 Å². The highest BCUT2D eigenvalue weighted by Gasteiger charge is 2.09. The van der Waals surface area contributed by atoms with E-state index in [1.807, 2.05) is 56.6 Å². The molecule has 3 aromatic rings. The van der Waals surface area contributed by atoms with Gasteiger partial charge in [0.05, 0.1) is 0 Å². The monoisotopic (exact) mass is 391 g/mol. The Morgan fingerprint density at radius 1 is 1.03 bits per heavy atom. The van der Waals surface area contributed by atoms with Crippen molar-refractivity contribution in [1.29, 1.82) is 0 Å². The van der Waals surface area contributed by atoms with Crippen LogP contribution in [-0.4, -0.2) is 48.0 Å². The van der Waals surface area contributed by atoms with Gasteiger partial charge in [-0.25, -0.2) is 9.97 Å². The van der Waals surface area contributed by atoms with Crippen LogP contribution in [0.3, 0.4) is 0 Å². The Morgan fingerprint density at radius 3 is 2.52 bits per heavy atom. The fraction of sp³-hybridized carbons (Fsp3) is 0.227. The van der Waals surface area contributed by atoms with Crippen molar-refractivity contribution in [1.82, 2.24) is 14.9 Å². The minimum Gasteiger partial charge on any atom is -0.489 e. The molecule has 0 bridgehead atoms. The molecule has 150 valence electrons. The van der Waals surface area contributed by atoms with Gasteiger partial charge in [0.25, 0.3) is 5.91 Å². The molecule has 2 N–H and O–H groups in total. The summed E-state index contributed by atoms with van der Waals surface area (Å²) in [4.78, 5) is 22.9. The lowest BCUT2D eigenvalue weighted by atomic mass is 10.2. The smallest absolute Gasteiger partial charge is 0.274 e. The molecule has 0 saturated carbocycles. The van der Waals surface area contributed by atoms with E-state index in [9.17, 15) is 4.79 Å². The van der Waals surface area contributed by atoms with E-state index in [1.165, 1.54) is 0 Å². The first-order valence-electron chi connectivity index (χ1n) is 9.40. The van der Waals surface area contributed by atoms with Crippen LogP contribution in [0.1, 0.15) is 16.1 Å². The maximum absolute atomic E-state index is 12.5. The number of nitrogens with zero attached hydrogens (tertiary/aromatic N) is 3. The van der Waals surface area contributed by atoms with Gasteiger partial charge in [0.2, 0.25) is 5.95 Å². The van der Waals surface area contributed by atoms with Crippen LogP contribution in [0.25, 0.3) is 0 Å². The number of anilines is 2. The van der Waals surface area contributed by atoms with Gasteiger partial charge in [0.15, 0.2) is 0 Å². The quantitative estimate of drug-likeness (QED) is 0.583. The minimum atomic E-state index is -0.291. The van der Waals surface area contributed by atoms with Crippen LogP contribution < -0.4 is 15.4 Å². The van der Waals surface area contributed by atoms with Gasteiger partial charge in [-0.05, 0) is 50.0 Å². The predicted octanol–water partition coefficient (Wildman–Crippen LogP) is 3.28. The average Bonchev–Trinajstić information content (AvgIpc) is 2.74. The van der Waals surface area contributed by atoms with Crippen molar-refractivity contribution in [3.63, 3.8) is 0 Å². The zero-order valence-electron chi connectivity index (χ0n) is 16.6. The summed E-state index contributed by atoms with van der Waals surface area (Å²) in [7, 11) is 3.98. The molecule has 1 amide bonds. The number of hydrogen-bond acceptors (Lipinski definition) is 6. The Labute approximate surface area is 170 Å². The summed E-state index contributed by atoms with van der Waals surface area (Å²) in [5, 5.41) is 5.95. The molecular weight excluding hydrogens is 366 g/mol. The predicted molar refractivity (Wildman–Crippen MR) is 114 cm³/mol. The fourth-order valence-corrected chi connectivity index (χ4v) is 2.53. The van der Waals surface area contributed by atoms with Crippen molar-refractivity contribution < 1.29 is 9.53 Å². The molecule has 0 saturated heterocycles. The molecule has 0 aliphatic heterocycles. The number of amides is 1. The number of hydrogen-bond donors (Lipinski definition) is 2. The van der Waals surface area contributed by atoms with Gasteiger partial charge < -0.3 is 20.3 Å². The molecule has 0 spiro atoms. The van der Waals surface area contributed by atoms with E-state index in [4.69, 9.17) is 4.74 Å². The molecule has 0 radical (unpaired) electrons. The summed E-state index contributed by atoms with van der Waals surface area (Å²) in [5.41, 5.74) is 2.07. The molecule has 1 aromatic heterocycles. The van der Waals surface area contributed by atoms with Gasteiger partial charge in [-0.2, -0.15) is 0 Å². The highest BCUT2D eigenvalue weighted by molar-refractivity contribution is 6.02. The van der Waals surface area contributed by atoms with Crippen molar-refractivity contribution in [3.8, 4) is 5.75 Å². The second-order valence-electron chi connectivity index (χ2n) is 6.75. The number of aromatic nitrogens is 2. The van der Waals surface area contributed by atoms with Gasteiger partial charge in [0, 0.05) is 25.0 Å².